The number of aromatic nitrogens is 1. The summed E-state index contributed by atoms with van der Waals surface area (Å²) in [6.45, 7) is 0. The first kappa shape index (κ1) is 6.61. The molecule has 1 aliphatic rings. The summed E-state index contributed by atoms with van der Waals surface area (Å²) < 4.78 is 0.784. The van der Waals surface area contributed by atoms with Gasteiger partial charge in [-0.05, 0) is 34.7 Å². The van der Waals surface area contributed by atoms with E-state index in [1.807, 2.05) is 0 Å². The number of thiazole rings is 1. The van der Waals surface area contributed by atoms with Crippen molar-refractivity contribution in [3.63, 3.8) is 0 Å². The molecule has 1 heterocycles. The molecule has 10 heavy (non-hydrogen) atoms. The predicted octanol–water partition coefficient (Wildman–Crippen LogP) is 2.49. The zero-order chi connectivity index (χ0) is 7.14. The second-order valence-corrected chi connectivity index (χ2v) is 4.74. The normalized spacial score (nSPS) is 17.7. The zero-order valence-corrected chi connectivity index (χ0v) is 7.57. The van der Waals surface area contributed by atoms with Crippen LogP contribution in [0, 0.1) is 0 Å². The summed E-state index contributed by atoms with van der Waals surface area (Å²) >= 11 is 4.77. The fourth-order valence-corrected chi connectivity index (χ4v) is 2.45. The summed E-state index contributed by atoms with van der Waals surface area (Å²) in [7, 11) is 0. The summed E-state index contributed by atoms with van der Waals surface area (Å²) in [4.78, 5) is 4.91. The molecule has 1 aromatic heterocycles. The van der Waals surface area contributed by atoms with Gasteiger partial charge in [0, 0.05) is 0 Å². The topological polar surface area (TPSA) is 33.1 Å². The van der Waals surface area contributed by atoms with E-state index in [9.17, 15) is 5.11 Å². The average molecular weight is 220 g/mol. The number of halogens is 1. The van der Waals surface area contributed by atoms with Crippen LogP contribution in [0.25, 0.3) is 0 Å². The highest BCUT2D eigenvalue weighted by Gasteiger charge is 2.29. The molecule has 0 amide bonds. The van der Waals surface area contributed by atoms with Gasteiger partial charge >= 0.3 is 0 Å². The maximum atomic E-state index is 9.21. The minimum absolute atomic E-state index is 0.222. The molecule has 0 unspecified atom stereocenters. The molecule has 1 aliphatic carbocycles. The van der Waals surface area contributed by atoms with Gasteiger partial charge in [0.2, 0.25) is 5.88 Å². The summed E-state index contributed by atoms with van der Waals surface area (Å²) in [5, 5.41) is 9.21. The number of nitrogens with zero attached hydrogens (tertiary/aromatic N) is 1. The molecule has 2 nitrogen and oxygen atoms in total. The Balaban J connectivity index is 2.38. The zero-order valence-electron chi connectivity index (χ0n) is 5.17. The van der Waals surface area contributed by atoms with Gasteiger partial charge in [-0.1, -0.05) is 0 Å². The fraction of sp³-hybridized carbons (Fsp3) is 0.500. The van der Waals surface area contributed by atoms with Gasteiger partial charge in [0.05, 0.1) is 4.88 Å². The maximum absolute atomic E-state index is 9.21. The van der Waals surface area contributed by atoms with E-state index in [1.54, 1.807) is 11.3 Å². The quantitative estimate of drug-likeness (QED) is 0.788. The second-order valence-electron chi connectivity index (χ2n) is 2.43. The van der Waals surface area contributed by atoms with Crippen LogP contribution in [0.3, 0.4) is 0 Å². The lowest BCUT2D eigenvalue weighted by molar-refractivity contribution is 0.450. The van der Waals surface area contributed by atoms with Crippen molar-refractivity contribution in [1.82, 2.24) is 4.98 Å². The van der Waals surface area contributed by atoms with Gasteiger partial charge in [0.1, 0.15) is 0 Å². The van der Waals surface area contributed by atoms with E-state index in [0.29, 0.717) is 5.92 Å². The average Bonchev–Trinajstić information content (AvgIpc) is 2.61. The van der Waals surface area contributed by atoms with Gasteiger partial charge in [-0.2, -0.15) is 4.98 Å². The van der Waals surface area contributed by atoms with Crippen LogP contribution in [-0.2, 0) is 0 Å². The van der Waals surface area contributed by atoms with E-state index in [2.05, 4.69) is 20.9 Å². The Morgan fingerprint density at radius 1 is 1.60 bits per heavy atom. The molecule has 4 heteroatoms. The van der Waals surface area contributed by atoms with Crippen molar-refractivity contribution in [2.75, 3.05) is 0 Å². The number of rotatable bonds is 1. The largest absolute Gasteiger partial charge is 0.492 e. The molecule has 1 saturated carbocycles. The fourth-order valence-electron chi connectivity index (χ4n) is 0.909. The second kappa shape index (κ2) is 2.20. The minimum Gasteiger partial charge on any atom is -0.492 e. The van der Waals surface area contributed by atoms with Crippen molar-refractivity contribution in [2.45, 2.75) is 18.8 Å². The highest BCUT2D eigenvalue weighted by molar-refractivity contribution is 9.11. The third kappa shape index (κ3) is 1.06. The summed E-state index contributed by atoms with van der Waals surface area (Å²) in [6, 6.07) is 0. The molecule has 0 aromatic carbocycles. The van der Waals surface area contributed by atoms with Gasteiger partial charge in [0.15, 0.2) is 3.92 Å². The molecule has 1 fully saturated rings. The third-order valence-corrected chi connectivity index (χ3v) is 3.21. The van der Waals surface area contributed by atoms with Crippen LogP contribution in [0.1, 0.15) is 23.6 Å². The van der Waals surface area contributed by atoms with Crippen molar-refractivity contribution in [3.05, 3.63) is 8.79 Å². The molecule has 0 aliphatic heterocycles. The molecule has 0 spiro atoms. The standard InChI is InChI=1S/C6H6BrNOS/c7-6-8-5(9)4(10-6)3-1-2-3/h3,9H,1-2H2. The smallest absolute Gasteiger partial charge is 0.226 e. The highest BCUT2D eigenvalue weighted by Crippen LogP contribution is 2.47. The van der Waals surface area contributed by atoms with E-state index < -0.39 is 0 Å². The lowest BCUT2D eigenvalue weighted by Crippen LogP contribution is -1.70. The molecule has 54 valence electrons. The Bertz CT molecular complexity index is 256. The van der Waals surface area contributed by atoms with Crippen molar-refractivity contribution in [2.24, 2.45) is 0 Å². The molecular weight excluding hydrogens is 214 g/mol. The van der Waals surface area contributed by atoms with E-state index in [4.69, 9.17) is 0 Å². The lowest BCUT2D eigenvalue weighted by atomic mass is 10.4. The highest BCUT2D eigenvalue weighted by atomic mass is 79.9. The number of aromatic hydroxyl groups is 1. The number of hydrogen-bond acceptors (Lipinski definition) is 3. The van der Waals surface area contributed by atoms with Crippen molar-refractivity contribution in [1.29, 1.82) is 0 Å². The molecule has 0 saturated heterocycles. The number of hydrogen-bond donors (Lipinski definition) is 1. The Labute approximate surface area is 71.0 Å². The van der Waals surface area contributed by atoms with Crippen molar-refractivity contribution >= 4 is 27.3 Å². The maximum Gasteiger partial charge on any atom is 0.226 e. The lowest BCUT2D eigenvalue weighted by Gasteiger charge is -1.86. The predicted molar refractivity (Wildman–Crippen MR) is 43.5 cm³/mol. The summed E-state index contributed by atoms with van der Waals surface area (Å²) in [5.41, 5.74) is 0. The van der Waals surface area contributed by atoms with E-state index in [0.717, 1.165) is 8.79 Å². The van der Waals surface area contributed by atoms with Crippen LogP contribution in [0.15, 0.2) is 3.92 Å². The van der Waals surface area contributed by atoms with Crippen LogP contribution in [-0.4, -0.2) is 10.1 Å². The monoisotopic (exact) mass is 219 g/mol. The molecule has 1 N–H and O–H groups in total. The Hall–Kier alpha value is -0.0900. The molecular formula is C6H6BrNOS. The molecule has 0 bridgehead atoms. The third-order valence-electron chi connectivity index (χ3n) is 1.56. The van der Waals surface area contributed by atoms with Crippen LogP contribution in [0.2, 0.25) is 0 Å². The molecule has 2 rings (SSSR count). The van der Waals surface area contributed by atoms with Gasteiger partial charge in [-0.25, -0.2) is 0 Å². The van der Waals surface area contributed by atoms with E-state index >= 15 is 0 Å². The minimum atomic E-state index is 0.222. The van der Waals surface area contributed by atoms with Crippen LogP contribution in [0.4, 0.5) is 0 Å². The summed E-state index contributed by atoms with van der Waals surface area (Å²) in [5.74, 6) is 0.822. The summed E-state index contributed by atoms with van der Waals surface area (Å²) in [6.07, 6.45) is 2.42. The van der Waals surface area contributed by atoms with Crippen LogP contribution in [0.5, 0.6) is 5.88 Å². The Morgan fingerprint density at radius 2 is 2.30 bits per heavy atom. The van der Waals surface area contributed by atoms with Crippen LogP contribution < -0.4 is 0 Å². The first-order valence-electron chi connectivity index (χ1n) is 3.12. The first-order chi connectivity index (χ1) is 4.77. The van der Waals surface area contributed by atoms with Gasteiger partial charge in [-0.3, -0.25) is 0 Å². The van der Waals surface area contributed by atoms with Crippen LogP contribution >= 0.6 is 27.3 Å². The van der Waals surface area contributed by atoms with Gasteiger partial charge in [-0.15, -0.1) is 11.3 Å². The molecule has 1 aromatic rings. The van der Waals surface area contributed by atoms with Crippen molar-refractivity contribution < 1.29 is 5.11 Å². The van der Waals surface area contributed by atoms with Crippen molar-refractivity contribution in [3.8, 4) is 5.88 Å². The van der Waals surface area contributed by atoms with E-state index in [-0.39, 0.29) is 5.88 Å². The Kier molecular flexibility index (Phi) is 1.46. The molecule has 0 atom stereocenters. The SMILES string of the molecule is Oc1nc(Br)sc1C1CC1. The van der Waals surface area contributed by atoms with E-state index in [1.165, 1.54) is 12.8 Å². The van der Waals surface area contributed by atoms with Gasteiger partial charge in [0.25, 0.3) is 0 Å². The van der Waals surface area contributed by atoms with Gasteiger partial charge < -0.3 is 5.11 Å². The Morgan fingerprint density at radius 3 is 2.70 bits per heavy atom. The molecule has 0 radical (unpaired) electrons. The first-order valence-corrected chi connectivity index (χ1v) is 4.73.